The molecule has 0 atom stereocenters. The molecule has 0 amide bonds. The Bertz CT molecular complexity index is 626. The van der Waals surface area contributed by atoms with E-state index in [1.807, 2.05) is 7.05 Å². The van der Waals surface area contributed by atoms with Gasteiger partial charge in [-0.2, -0.15) is 0 Å². The minimum atomic E-state index is -0.396. The molecule has 0 aliphatic rings. The summed E-state index contributed by atoms with van der Waals surface area (Å²) in [6.07, 6.45) is 1.62. The first-order chi connectivity index (χ1) is 8.99. The van der Waals surface area contributed by atoms with Crippen LogP contribution in [0.1, 0.15) is 11.4 Å². The summed E-state index contributed by atoms with van der Waals surface area (Å²) in [5.74, 6) is 0.780. The molecule has 8 heteroatoms. The quantitative estimate of drug-likeness (QED) is 0.689. The molecular formula is C11H12BrN5O2. The summed E-state index contributed by atoms with van der Waals surface area (Å²) < 4.78 is 2.45. The third-order valence-corrected chi connectivity index (χ3v) is 3.38. The minimum Gasteiger partial charge on any atom is -0.377 e. The van der Waals surface area contributed by atoms with Gasteiger partial charge >= 0.3 is 0 Å². The van der Waals surface area contributed by atoms with Crippen molar-refractivity contribution < 1.29 is 4.92 Å². The smallest absolute Gasteiger partial charge is 0.273 e. The Morgan fingerprint density at radius 3 is 2.84 bits per heavy atom. The fourth-order valence-corrected chi connectivity index (χ4v) is 2.12. The van der Waals surface area contributed by atoms with Crippen LogP contribution in [0.2, 0.25) is 0 Å². The van der Waals surface area contributed by atoms with Crippen LogP contribution in [0.25, 0.3) is 0 Å². The Morgan fingerprint density at radius 2 is 2.26 bits per heavy atom. The highest BCUT2D eigenvalue weighted by Crippen LogP contribution is 2.30. The van der Waals surface area contributed by atoms with Crippen molar-refractivity contribution in [2.45, 2.75) is 13.5 Å². The zero-order valence-electron chi connectivity index (χ0n) is 10.4. The van der Waals surface area contributed by atoms with E-state index < -0.39 is 4.92 Å². The maximum absolute atomic E-state index is 10.8. The maximum Gasteiger partial charge on any atom is 0.273 e. The molecule has 0 saturated carbocycles. The lowest BCUT2D eigenvalue weighted by Crippen LogP contribution is -2.06. The predicted octanol–water partition coefficient (Wildman–Crippen LogP) is 2.41. The van der Waals surface area contributed by atoms with Gasteiger partial charge in [-0.1, -0.05) is 0 Å². The molecule has 1 N–H and O–H groups in total. The second-order valence-corrected chi connectivity index (χ2v) is 4.94. The topological polar surface area (TPSA) is 85.9 Å². The molecule has 1 aromatic heterocycles. The normalized spacial score (nSPS) is 10.5. The summed E-state index contributed by atoms with van der Waals surface area (Å²) in [5, 5.41) is 21.7. The van der Waals surface area contributed by atoms with Gasteiger partial charge in [0, 0.05) is 28.8 Å². The SMILES string of the molecule is Cc1cc(NCc2nncn2C)c(Br)cc1[N+](=O)[O-]. The number of hydrogen-bond acceptors (Lipinski definition) is 5. The highest BCUT2D eigenvalue weighted by Gasteiger charge is 2.14. The summed E-state index contributed by atoms with van der Waals surface area (Å²) in [7, 11) is 1.85. The molecule has 0 fully saturated rings. The van der Waals surface area contributed by atoms with Crippen LogP contribution in [0.15, 0.2) is 22.9 Å². The number of nitrogens with one attached hydrogen (secondary N) is 1. The number of rotatable bonds is 4. The number of nitro benzene ring substituents is 1. The Morgan fingerprint density at radius 1 is 1.53 bits per heavy atom. The van der Waals surface area contributed by atoms with Crippen LogP contribution in [-0.2, 0) is 13.6 Å². The number of halogens is 1. The van der Waals surface area contributed by atoms with E-state index in [9.17, 15) is 10.1 Å². The fraction of sp³-hybridized carbons (Fsp3) is 0.273. The lowest BCUT2D eigenvalue weighted by molar-refractivity contribution is -0.385. The van der Waals surface area contributed by atoms with Gasteiger partial charge in [-0.25, -0.2) is 0 Å². The van der Waals surface area contributed by atoms with Crippen molar-refractivity contribution in [1.29, 1.82) is 0 Å². The average Bonchev–Trinajstić information content (AvgIpc) is 2.75. The molecule has 19 heavy (non-hydrogen) atoms. The van der Waals surface area contributed by atoms with Crippen LogP contribution in [0.4, 0.5) is 11.4 Å². The van der Waals surface area contributed by atoms with Crippen molar-refractivity contribution in [3.8, 4) is 0 Å². The summed E-state index contributed by atoms with van der Waals surface area (Å²) in [5.41, 5.74) is 1.48. The van der Waals surface area contributed by atoms with E-state index >= 15 is 0 Å². The summed E-state index contributed by atoms with van der Waals surface area (Å²) in [6, 6.07) is 3.23. The molecule has 0 radical (unpaired) electrons. The Kier molecular flexibility index (Phi) is 3.79. The van der Waals surface area contributed by atoms with Crippen LogP contribution in [0, 0.1) is 17.0 Å². The summed E-state index contributed by atoms with van der Waals surface area (Å²) in [4.78, 5) is 10.4. The van der Waals surface area contributed by atoms with Crippen LogP contribution in [0.5, 0.6) is 0 Å². The lowest BCUT2D eigenvalue weighted by atomic mass is 10.2. The Labute approximate surface area is 117 Å². The van der Waals surface area contributed by atoms with E-state index in [1.54, 1.807) is 23.9 Å². The number of anilines is 1. The third kappa shape index (κ3) is 2.90. The highest BCUT2D eigenvalue weighted by atomic mass is 79.9. The monoisotopic (exact) mass is 325 g/mol. The van der Waals surface area contributed by atoms with Gasteiger partial charge in [0.1, 0.15) is 6.33 Å². The molecule has 7 nitrogen and oxygen atoms in total. The van der Waals surface area contributed by atoms with Gasteiger partial charge in [-0.15, -0.1) is 10.2 Å². The van der Waals surface area contributed by atoms with E-state index in [1.165, 1.54) is 6.07 Å². The first-order valence-electron chi connectivity index (χ1n) is 5.50. The lowest BCUT2D eigenvalue weighted by Gasteiger charge is -2.09. The first kappa shape index (κ1) is 13.5. The Balaban J connectivity index is 2.20. The first-order valence-corrected chi connectivity index (χ1v) is 6.29. The van der Waals surface area contributed by atoms with Gasteiger partial charge in [-0.05, 0) is 28.9 Å². The van der Waals surface area contributed by atoms with Gasteiger partial charge < -0.3 is 9.88 Å². The van der Waals surface area contributed by atoms with Crippen molar-refractivity contribution in [2.24, 2.45) is 7.05 Å². The van der Waals surface area contributed by atoms with Crippen LogP contribution in [-0.4, -0.2) is 19.7 Å². The standard InChI is InChI=1S/C11H12BrN5O2/c1-7-3-9(8(12)4-10(7)17(18)19)13-5-11-15-14-6-16(11)2/h3-4,6,13H,5H2,1-2H3. The second-order valence-electron chi connectivity index (χ2n) is 4.09. The van der Waals surface area contributed by atoms with E-state index in [-0.39, 0.29) is 5.69 Å². The molecule has 1 heterocycles. The van der Waals surface area contributed by atoms with E-state index in [0.29, 0.717) is 16.6 Å². The number of benzene rings is 1. The van der Waals surface area contributed by atoms with E-state index in [2.05, 4.69) is 31.4 Å². The average molecular weight is 326 g/mol. The van der Waals surface area contributed by atoms with E-state index in [0.717, 1.165) is 11.5 Å². The molecule has 100 valence electrons. The van der Waals surface area contributed by atoms with Crippen LogP contribution < -0.4 is 5.32 Å². The fourth-order valence-electron chi connectivity index (χ4n) is 1.64. The largest absolute Gasteiger partial charge is 0.377 e. The maximum atomic E-state index is 10.8. The van der Waals surface area contributed by atoms with Gasteiger partial charge in [0.2, 0.25) is 0 Å². The molecule has 0 aliphatic carbocycles. The zero-order chi connectivity index (χ0) is 14.0. The summed E-state index contributed by atoms with van der Waals surface area (Å²) >= 11 is 3.32. The molecule has 0 spiro atoms. The zero-order valence-corrected chi connectivity index (χ0v) is 12.0. The van der Waals surface area contributed by atoms with Crippen molar-refractivity contribution in [2.75, 3.05) is 5.32 Å². The van der Waals surface area contributed by atoms with Gasteiger partial charge in [0.25, 0.3) is 5.69 Å². The Hall–Kier alpha value is -1.96. The van der Waals surface area contributed by atoms with Gasteiger partial charge in [-0.3, -0.25) is 10.1 Å². The molecule has 0 unspecified atom stereocenters. The molecule has 1 aromatic carbocycles. The number of nitrogens with zero attached hydrogens (tertiary/aromatic N) is 4. The summed E-state index contributed by atoms with van der Waals surface area (Å²) in [6.45, 7) is 2.20. The molecule has 2 aromatic rings. The highest BCUT2D eigenvalue weighted by molar-refractivity contribution is 9.10. The number of hydrogen-bond donors (Lipinski definition) is 1. The molecule has 2 rings (SSSR count). The third-order valence-electron chi connectivity index (χ3n) is 2.72. The van der Waals surface area contributed by atoms with Crippen molar-refractivity contribution in [3.05, 3.63) is 44.4 Å². The van der Waals surface area contributed by atoms with Crippen LogP contribution >= 0.6 is 15.9 Å². The van der Waals surface area contributed by atoms with Crippen molar-refractivity contribution in [1.82, 2.24) is 14.8 Å². The molecular weight excluding hydrogens is 314 g/mol. The second kappa shape index (κ2) is 5.35. The predicted molar refractivity (Wildman–Crippen MR) is 73.9 cm³/mol. The molecule has 0 bridgehead atoms. The molecule has 0 saturated heterocycles. The number of nitro groups is 1. The molecule has 0 aliphatic heterocycles. The number of aromatic nitrogens is 3. The number of aryl methyl sites for hydroxylation is 2. The van der Waals surface area contributed by atoms with E-state index in [4.69, 9.17) is 0 Å². The van der Waals surface area contributed by atoms with Gasteiger partial charge in [0.05, 0.1) is 11.5 Å². The van der Waals surface area contributed by atoms with Crippen LogP contribution in [0.3, 0.4) is 0 Å². The minimum absolute atomic E-state index is 0.0936. The van der Waals surface area contributed by atoms with Crippen molar-refractivity contribution >= 4 is 27.3 Å². The van der Waals surface area contributed by atoms with Gasteiger partial charge in [0.15, 0.2) is 5.82 Å². The van der Waals surface area contributed by atoms with Crippen molar-refractivity contribution in [3.63, 3.8) is 0 Å².